The van der Waals surface area contributed by atoms with E-state index in [0.717, 1.165) is 51.6 Å². The van der Waals surface area contributed by atoms with E-state index >= 15 is 0 Å². The van der Waals surface area contributed by atoms with Crippen molar-refractivity contribution in [3.63, 3.8) is 0 Å². The van der Waals surface area contributed by atoms with Gasteiger partial charge in [-0.2, -0.15) is 0 Å². The average molecular weight is 554 g/mol. The Balaban J connectivity index is 0.00000272. The highest BCUT2D eigenvalue weighted by atomic mass is 127. The molecule has 2 aliphatic rings. The molecule has 0 spiro atoms. The van der Waals surface area contributed by atoms with Crippen molar-refractivity contribution < 1.29 is 4.79 Å². The van der Waals surface area contributed by atoms with E-state index in [2.05, 4.69) is 63.8 Å². The zero-order chi connectivity index (χ0) is 20.8. The Kier molecular flexibility index (Phi) is 9.01. The molecule has 2 saturated heterocycles. The third kappa shape index (κ3) is 6.35. The van der Waals surface area contributed by atoms with E-state index in [1.807, 2.05) is 4.90 Å². The van der Waals surface area contributed by atoms with E-state index in [9.17, 15) is 4.79 Å². The molecule has 0 atom stereocenters. The molecule has 1 amide bonds. The number of likely N-dealkylation sites (tertiary alicyclic amines) is 1. The Hall–Kier alpha value is -1.81. The van der Waals surface area contributed by atoms with Crippen LogP contribution in [0.3, 0.4) is 0 Å². The molecule has 2 aliphatic heterocycles. The van der Waals surface area contributed by atoms with E-state index in [1.165, 1.54) is 16.1 Å². The second kappa shape index (κ2) is 11.7. The van der Waals surface area contributed by atoms with Gasteiger partial charge in [-0.15, -0.1) is 35.3 Å². The number of hydrogen-bond acceptors (Lipinski definition) is 4. The number of thiophene rings is 1. The van der Waals surface area contributed by atoms with Crippen LogP contribution in [0.4, 0.5) is 5.00 Å². The highest BCUT2D eigenvalue weighted by Gasteiger charge is 2.21. The van der Waals surface area contributed by atoms with Crippen molar-refractivity contribution >= 4 is 52.2 Å². The molecule has 31 heavy (non-hydrogen) atoms. The molecule has 1 N–H and O–H groups in total. The minimum atomic E-state index is 0. The molecule has 1 aromatic carbocycles. The lowest BCUT2D eigenvalue weighted by atomic mass is 10.1. The summed E-state index contributed by atoms with van der Waals surface area (Å²) in [6, 6.07) is 12.8. The van der Waals surface area contributed by atoms with Gasteiger partial charge < -0.3 is 20.0 Å². The molecule has 0 unspecified atom stereocenters. The maximum absolute atomic E-state index is 11.9. The molecule has 3 heterocycles. The Morgan fingerprint density at radius 2 is 1.90 bits per heavy atom. The monoisotopic (exact) mass is 553 g/mol. The van der Waals surface area contributed by atoms with Gasteiger partial charge in [-0.05, 0) is 42.0 Å². The van der Waals surface area contributed by atoms with Gasteiger partial charge >= 0.3 is 0 Å². The molecule has 6 nitrogen and oxygen atoms in total. The van der Waals surface area contributed by atoms with Gasteiger partial charge in [0.25, 0.3) is 0 Å². The molecular formula is C23H32IN5OS. The van der Waals surface area contributed by atoms with Crippen LogP contribution in [0, 0.1) is 0 Å². The van der Waals surface area contributed by atoms with Gasteiger partial charge in [0.15, 0.2) is 5.96 Å². The molecule has 0 radical (unpaired) electrons. The van der Waals surface area contributed by atoms with Crippen LogP contribution in [0.5, 0.6) is 0 Å². The van der Waals surface area contributed by atoms with E-state index in [0.29, 0.717) is 19.5 Å². The summed E-state index contributed by atoms with van der Waals surface area (Å²) in [4.78, 5) is 23.6. The van der Waals surface area contributed by atoms with Gasteiger partial charge in [-0.3, -0.25) is 4.79 Å². The number of amides is 1. The number of guanidine groups is 1. The number of halogens is 1. The number of anilines is 1. The van der Waals surface area contributed by atoms with Crippen molar-refractivity contribution in [2.45, 2.75) is 32.9 Å². The number of benzene rings is 1. The smallest absolute Gasteiger partial charge is 0.222 e. The average Bonchev–Trinajstić information content (AvgIpc) is 3.44. The topological polar surface area (TPSA) is 51.2 Å². The fraction of sp³-hybridized carbons (Fsp3) is 0.478. The summed E-state index contributed by atoms with van der Waals surface area (Å²) in [6.07, 6.45) is 1.67. The van der Waals surface area contributed by atoms with Gasteiger partial charge in [0.1, 0.15) is 0 Å². The fourth-order valence-corrected chi connectivity index (χ4v) is 4.88. The van der Waals surface area contributed by atoms with Crippen molar-refractivity contribution in [3.05, 3.63) is 52.9 Å². The second-order valence-corrected chi connectivity index (χ2v) is 8.76. The fourth-order valence-electron chi connectivity index (χ4n) is 4.10. The standard InChI is InChI=1S/C23H31N5OS.HI/c1-2-24-23(27-13-11-26(12-14-27)22-9-5-15-30-22)25-17-19-6-3-7-20(16-19)18-28-10-4-8-21(28)29;/h3,5-7,9,15-16H,2,4,8,10-14,17-18H2,1H3,(H,24,25);1H. The molecule has 4 rings (SSSR count). The van der Waals surface area contributed by atoms with Crippen molar-refractivity contribution in [1.29, 1.82) is 0 Å². The van der Waals surface area contributed by atoms with Crippen molar-refractivity contribution in [2.75, 3.05) is 44.2 Å². The molecular weight excluding hydrogens is 521 g/mol. The maximum Gasteiger partial charge on any atom is 0.222 e. The summed E-state index contributed by atoms with van der Waals surface area (Å²) >= 11 is 1.81. The highest BCUT2D eigenvalue weighted by Crippen LogP contribution is 2.22. The summed E-state index contributed by atoms with van der Waals surface area (Å²) in [5, 5.41) is 6.95. The number of carbonyl (C=O) groups excluding carboxylic acids is 1. The van der Waals surface area contributed by atoms with Crippen molar-refractivity contribution in [1.82, 2.24) is 15.1 Å². The summed E-state index contributed by atoms with van der Waals surface area (Å²) < 4.78 is 0. The third-order valence-corrected chi connectivity index (χ3v) is 6.61. The van der Waals surface area contributed by atoms with E-state index in [1.54, 1.807) is 11.3 Å². The molecule has 168 valence electrons. The predicted molar refractivity (Wildman–Crippen MR) is 139 cm³/mol. The van der Waals surface area contributed by atoms with Crippen LogP contribution in [0.15, 0.2) is 46.8 Å². The third-order valence-electron chi connectivity index (χ3n) is 5.68. The quantitative estimate of drug-likeness (QED) is 0.336. The first-order chi connectivity index (χ1) is 14.7. The van der Waals surface area contributed by atoms with Crippen LogP contribution in [-0.2, 0) is 17.9 Å². The minimum absolute atomic E-state index is 0. The maximum atomic E-state index is 11.9. The number of nitrogens with one attached hydrogen (secondary N) is 1. The number of rotatable bonds is 6. The van der Waals surface area contributed by atoms with Gasteiger partial charge in [0.2, 0.25) is 5.91 Å². The first-order valence-electron chi connectivity index (χ1n) is 10.9. The summed E-state index contributed by atoms with van der Waals surface area (Å²) in [7, 11) is 0. The lowest BCUT2D eigenvalue weighted by Crippen LogP contribution is -2.52. The SMILES string of the molecule is CCNC(=NCc1cccc(CN2CCCC2=O)c1)N1CCN(c2cccs2)CC1.I. The van der Waals surface area contributed by atoms with Crippen LogP contribution in [0.25, 0.3) is 0 Å². The van der Waals surface area contributed by atoms with Gasteiger partial charge in [-0.25, -0.2) is 4.99 Å². The zero-order valence-electron chi connectivity index (χ0n) is 18.1. The number of nitrogens with zero attached hydrogens (tertiary/aromatic N) is 4. The van der Waals surface area contributed by atoms with E-state index < -0.39 is 0 Å². The number of aliphatic imine (C=N–C) groups is 1. The highest BCUT2D eigenvalue weighted by molar-refractivity contribution is 14.0. The molecule has 0 bridgehead atoms. The largest absolute Gasteiger partial charge is 0.360 e. The normalized spacial score (nSPS) is 17.1. The Labute approximate surface area is 206 Å². The van der Waals surface area contributed by atoms with E-state index in [4.69, 9.17) is 4.99 Å². The second-order valence-electron chi connectivity index (χ2n) is 7.83. The minimum Gasteiger partial charge on any atom is -0.360 e. The molecule has 0 aliphatic carbocycles. The molecule has 1 aromatic heterocycles. The van der Waals surface area contributed by atoms with Crippen LogP contribution in [-0.4, -0.2) is 60.9 Å². The Morgan fingerprint density at radius 1 is 1.10 bits per heavy atom. The van der Waals surface area contributed by atoms with Crippen LogP contribution in [0.2, 0.25) is 0 Å². The van der Waals surface area contributed by atoms with Crippen molar-refractivity contribution in [2.24, 2.45) is 4.99 Å². The predicted octanol–water partition coefficient (Wildman–Crippen LogP) is 3.78. The van der Waals surface area contributed by atoms with E-state index in [-0.39, 0.29) is 29.9 Å². The van der Waals surface area contributed by atoms with Crippen LogP contribution >= 0.6 is 35.3 Å². The molecule has 0 saturated carbocycles. The van der Waals surface area contributed by atoms with Gasteiger partial charge in [0, 0.05) is 52.2 Å². The van der Waals surface area contributed by atoms with Crippen LogP contribution in [0.1, 0.15) is 30.9 Å². The molecule has 8 heteroatoms. The van der Waals surface area contributed by atoms with Crippen molar-refractivity contribution in [3.8, 4) is 0 Å². The van der Waals surface area contributed by atoms with Gasteiger partial charge in [0.05, 0.1) is 11.5 Å². The summed E-state index contributed by atoms with van der Waals surface area (Å²) in [6.45, 7) is 9.20. The lowest BCUT2D eigenvalue weighted by Gasteiger charge is -2.37. The number of hydrogen-bond donors (Lipinski definition) is 1. The lowest BCUT2D eigenvalue weighted by molar-refractivity contribution is -0.128. The first-order valence-corrected chi connectivity index (χ1v) is 11.8. The summed E-state index contributed by atoms with van der Waals surface area (Å²) in [5.74, 6) is 1.26. The zero-order valence-corrected chi connectivity index (χ0v) is 21.3. The number of piperazine rings is 1. The van der Waals surface area contributed by atoms with Gasteiger partial charge in [-0.1, -0.05) is 24.3 Å². The summed E-state index contributed by atoms with van der Waals surface area (Å²) in [5.41, 5.74) is 2.37. The van der Waals surface area contributed by atoms with Crippen LogP contribution < -0.4 is 10.2 Å². The molecule has 2 fully saturated rings. The Morgan fingerprint density at radius 3 is 2.58 bits per heavy atom. The first kappa shape index (κ1) is 23.8. The number of carbonyl (C=O) groups is 1. The Bertz CT molecular complexity index is 865. The molecule has 2 aromatic rings.